The molecule has 9 nitrogen and oxygen atoms in total. The molecule has 0 fully saturated rings. The monoisotopic (exact) mass is 322 g/mol. The van der Waals surface area contributed by atoms with Crippen LogP contribution in [-0.2, 0) is 20.6 Å². The van der Waals surface area contributed by atoms with E-state index in [0.29, 0.717) is 5.56 Å². The number of ether oxygens (including phenoxy) is 2. The first-order valence-corrected chi connectivity index (χ1v) is 7.98. The standard InChI is InChI=1S/C11H19N2O7P/c1-8-5-13(11(15)12-10(8)14)6-9(7-19-2)20-3-4-21(16,17)18/h5,9H,3-4,6-7H2,1-2H3,(H,12,14,15)(H2,16,17,18)/t9-/m0/s1. The predicted octanol–water partition coefficient (Wildman–Crippen LogP) is -0.946. The third-order valence-corrected chi connectivity index (χ3v) is 3.44. The lowest BCUT2D eigenvalue weighted by Crippen LogP contribution is -2.36. The van der Waals surface area contributed by atoms with Crippen molar-refractivity contribution in [1.29, 1.82) is 0 Å². The summed E-state index contributed by atoms with van der Waals surface area (Å²) in [6.45, 7) is 1.65. The number of methoxy groups -OCH3 is 1. The number of hydrogen-bond donors (Lipinski definition) is 3. The van der Waals surface area contributed by atoms with Gasteiger partial charge in [-0.1, -0.05) is 0 Å². The highest BCUT2D eigenvalue weighted by Gasteiger charge is 2.16. The largest absolute Gasteiger partial charge is 0.382 e. The summed E-state index contributed by atoms with van der Waals surface area (Å²) < 4.78 is 22.3. The highest BCUT2D eigenvalue weighted by molar-refractivity contribution is 7.51. The van der Waals surface area contributed by atoms with Gasteiger partial charge in [0.05, 0.1) is 32.0 Å². The molecule has 0 aliphatic carbocycles. The van der Waals surface area contributed by atoms with Crippen molar-refractivity contribution in [3.63, 3.8) is 0 Å². The number of aromatic nitrogens is 2. The molecule has 1 heterocycles. The Hall–Kier alpha value is -1.25. The van der Waals surface area contributed by atoms with Gasteiger partial charge in [0.2, 0.25) is 0 Å². The zero-order valence-corrected chi connectivity index (χ0v) is 12.7. The molecular weight excluding hydrogens is 303 g/mol. The summed E-state index contributed by atoms with van der Waals surface area (Å²) in [5.41, 5.74) is -0.659. The summed E-state index contributed by atoms with van der Waals surface area (Å²) in [5.74, 6) is 0. The fourth-order valence-electron chi connectivity index (χ4n) is 1.65. The summed E-state index contributed by atoms with van der Waals surface area (Å²) in [5, 5.41) is 0. The van der Waals surface area contributed by atoms with E-state index in [0.717, 1.165) is 0 Å². The van der Waals surface area contributed by atoms with E-state index in [1.165, 1.54) is 17.9 Å². The van der Waals surface area contributed by atoms with E-state index in [2.05, 4.69) is 4.98 Å². The van der Waals surface area contributed by atoms with Crippen molar-refractivity contribution < 1.29 is 23.8 Å². The molecular formula is C11H19N2O7P. The van der Waals surface area contributed by atoms with Gasteiger partial charge in [-0.05, 0) is 6.92 Å². The average molecular weight is 322 g/mol. The van der Waals surface area contributed by atoms with Crippen molar-refractivity contribution in [3.05, 3.63) is 32.6 Å². The van der Waals surface area contributed by atoms with Crippen LogP contribution in [-0.4, -0.2) is 51.9 Å². The molecule has 21 heavy (non-hydrogen) atoms. The van der Waals surface area contributed by atoms with Crippen LogP contribution in [0, 0.1) is 6.92 Å². The van der Waals surface area contributed by atoms with Crippen molar-refractivity contribution in [1.82, 2.24) is 9.55 Å². The first-order valence-electron chi connectivity index (χ1n) is 6.18. The van der Waals surface area contributed by atoms with Gasteiger partial charge in [-0.15, -0.1) is 0 Å². The van der Waals surface area contributed by atoms with Crippen LogP contribution in [0.25, 0.3) is 0 Å². The second-order valence-electron chi connectivity index (χ2n) is 4.56. The maximum atomic E-state index is 11.7. The van der Waals surface area contributed by atoms with Gasteiger partial charge in [-0.3, -0.25) is 18.9 Å². The van der Waals surface area contributed by atoms with Gasteiger partial charge in [0.15, 0.2) is 0 Å². The summed E-state index contributed by atoms with van der Waals surface area (Å²) >= 11 is 0. The van der Waals surface area contributed by atoms with Crippen LogP contribution in [0.1, 0.15) is 5.56 Å². The Morgan fingerprint density at radius 1 is 1.43 bits per heavy atom. The molecule has 1 rings (SSSR count). The minimum absolute atomic E-state index is 0.103. The van der Waals surface area contributed by atoms with Crippen LogP contribution < -0.4 is 11.2 Å². The maximum absolute atomic E-state index is 11.7. The third kappa shape index (κ3) is 6.36. The average Bonchev–Trinajstić information content (AvgIpc) is 2.34. The molecule has 0 aliphatic heterocycles. The van der Waals surface area contributed by atoms with Gasteiger partial charge in [0.25, 0.3) is 5.56 Å². The Morgan fingerprint density at radius 3 is 2.67 bits per heavy atom. The first-order chi connectivity index (χ1) is 9.73. The number of rotatable bonds is 8. The van der Waals surface area contributed by atoms with Crippen LogP contribution in [0.4, 0.5) is 0 Å². The number of hydrogen-bond acceptors (Lipinski definition) is 5. The Labute approximate surface area is 120 Å². The van der Waals surface area contributed by atoms with E-state index in [-0.39, 0.29) is 19.8 Å². The Kier molecular flexibility index (Phi) is 6.50. The van der Waals surface area contributed by atoms with E-state index in [1.54, 1.807) is 6.92 Å². The molecule has 0 unspecified atom stereocenters. The Bertz CT molecular complexity index is 618. The van der Waals surface area contributed by atoms with Gasteiger partial charge in [0.1, 0.15) is 0 Å². The van der Waals surface area contributed by atoms with Crippen LogP contribution in [0.2, 0.25) is 0 Å². The molecule has 3 N–H and O–H groups in total. The molecule has 1 aromatic rings. The van der Waals surface area contributed by atoms with E-state index in [4.69, 9.17) is 19.3 Å². The molecule has 0 saturated carbocycles. The molecule has 1 aromatic heterocycles. The van der Waals surface area contributed by atoms with E-state index >= 15 is 0 Å². The van der Waals surface area contributed by atoms with E-state index < -0.39 is 31.1 Å². The molecule has 0 aromatic carbocycles. The molecule has 0 radical (unpaired) electrons. The number of nitrogens with zero attached hydrogens (tertiary/aromatic N) is 1. The second kappa shape index (κ2) is 7.67. The lowest BCUT2D eigenvalue weighted by atomic mass is 10.3. The highest BCUT2D eigenvalue weighted by Crippen LogP contribution is 2.33. The Balaban J connectivity index is 2.74. The maximum Gasteiger partial charge on any atom is 0.328 e. The molecule has 120 valence electrons. The van der Waals surface area contributed by atoms with Crippen molar-refractivity contribution in [2.45, 2.75) is 19.6 Å². The van der Waals surface area contributed by atoms with Gasteiger partial charge >= 0.3 is 13.3 Å². The van der Waals surface area contributed by atoms with E-state index in [9.17, 15) is 14.2 Å². The zero-order chi connectivity index (χ0) is 16.0. The molecule has 0 aliphatic rings. The lowest BCUT2D eigenvalue weighted by molar-refractivity contribution is -0.00596. The molecule has 0 bridgehead atoms. The van der Waals surface area contributed by atoms with Gasteiger partial charge in [-0.2, -0.15) is 0 Å². The number of nitrogens with one attached hydrogen (secondary N) is 1. The predicted molar refractivity (Wildman–Crippen MR) is 74.6 cm³/mol. The van der Waals surface area contributed by atoms with Gasteiger partial charge in [-0.25, -0.2) is 4.79 Å². The minimum Gasteiger partial charge on any atom is -0.382 e. The smallest absolute Gasteiger partial charge is 0.328 e. The molecule has 0 saturated heterocycles. The second-order valence-corrected chi connectivity index (χ2v) is 6.34. The van der Waals surface area contributed by atoms with E-state index in [1.807, 2.05) is 0 Å². The van der Waals surface area contributed by atoms with Crippen molar-refractivity contribution in [2.75, 3.05) is 26.5 Å². The van der Waals surface area contributed by atoms with Gasteiger partial charge in [0, 0.05) is 18.9 Å². The molecule has 10 heteroatoms. The normalized spacial score (nSPS) is 13.3. The fraction of sp³-hybridized carbons (Fsp3) is 0.636. The minimum atomic E-state index is -4.13. The molecule has 0 spiro atoms. The number of aromatic amines is 1. The zero-order valence-electron chi connectivity index (χ0n) is 11.8. The van der Waals surface area contributed by atoms with Crippen LogP contribution >= 0.6 is 7.60 Å². The number of H-pyrrole nitrogens is 1. The van der Waals surface area contributed by atoms with Crippen molar-refractivity contribution >= 4 is 7.60 Å². The summed E-state index contributed by atoms with van der Waals surface area (Å²) in [7, 11) is -2.68. The quantitative estimate of drug-likeness (QED) is 0.526. The van der Waals surface area contributed by atoms with Crippen molar-refractivity contribution in [2.24, 2.45) is 0 Å². The summed E-state index contributed by atoms with van der Waals surface area (Å²) in [6.07, 6.45) is 0.424. The van der Waals surface area contributed by atoms with Crippen molar-refractivity contribution in [3.8, 4) is 0 Å². The number of aryl methyl sites for hydroxylation is 1. The molecule has 0 amide bonds. The van der Waals surface area contributed by atoms with Crippen LogP contribution in [0.5, 0.6) is 0 Å². The third-order valence-electron chi connectivity index (χ3n) is 2.68. The summed E-state index contributed by atoms with van der Waals surface area (Å²) in [4.78, 5) is 42.6. The van der Waals surface area contributed by atoms with Crippen LogP contribution in [0.15, 0.2) is 15.8 Å². The SMILES string of the molecule is COC[C@H](Cn1cc(C)c(=O)[nH]c1=O)OCCP(=O)(O)O. The Morgan fingerprint density at radius 2 is 2.10 bits per heavy atom. The highest BCUT2D eigenvalue weighted by atomic mass is 31.2. The molecule has 1 atom stereocenters. The first kappa shape index (κ1) is 17.8. The van der Waals surface area contributed by atoms with Crippen LogP contribution in [0.3, 0.4) is 0 Å². The summed E-state index contributed by atoms with van der Waals surface area (Å²) in [6, 6.07) is 0. The lowest BCUT2D eigenvalue weighted by Gasteiger charge is -2.18. The topological polar surface area (TPSA) is 131 Å². The fourth-order valence-corrected chi connectivity index (χ4v) is 1.99. The van der Waals surface area contributed by atoms with Gasteiger partial charge < -0.3 is 19.3 Å².